The molecule has 3 rings (SSSR count). The smallest absolute Gasteiger partial charge is 0.417 e. The summed E-state index contributed by atoms with van der Waals surface area (Å²) < 4.78 is 40.7. The Kier molecular flexibility index (Phi) is 4.18. The molecule has 130 valence electrons. The Hall–Kier alpha value is -3.67. The Balaban J connectivity index is 2.24. The van der Waals surface area contributed by atoms with Gasteiger partial charge in [0.1, 0.15) is 0 Å². The molecule has 0 fully saturated rings. The molecule has 0 unspecified atom stereocenters. The van der Waals surface area contributed by atoms with Crippen LogP contribution in [0.3, 0.4) is 0 Å². The van der Waals surface area contributed by atoms with Gasteiger partial charge < -0.3 is 5.11 Å². The summed E-state index contributed by atoms with van der Waals surface area (Å²) in [5, 5.41) is 21.9. The lowest BCUT2D eigenvalue weighted by molar-refractivity contribution is -0.137. The molecule has 0 atom stereocenters. The lowest BCUT2D eigenvalue weighted by Crippen LogP contribution is -2.10. The minimum Gasteiger partial charge on any atom is -0.476 e. The second-order valence-corrected chi connectivity index (χ2v) is 5.21. The van der Waals surface area contributed by atoms with Crippen molar-refractivity contribution in [3.63, 3.8) is 0 Å². The van der Waals surface area contributed by atoms with Crippen LogP contribution >= 0.6 is 0 Å². The predicted octanol–water partition coefficient (Wildman–Crippen LogP) is 3.52. The van der Waals surface area contributed by atoms with Crippen LogP contribution in [-0.4, -0.2) is 25.8 Å². The van der Waals surface area contributed by atoms with Crippen molar-refractivity contribution in [1.82, 2.24) is 14.8 Å². The zero-order valence-corrected chi connectivity index (χ0v) is 12.9. The molecule has 0 aliphatic rings. The van der Waals surface area contributed by atoms with Crippen LogP contribution in [0.2, 0.25) is 0 Å². The molecule has 0 spiro atoms. The molecule has 1 N–H and O–H groups in total. The quantitative estimate of drug-likeness (QED) is 0.773. The average Bonchev–Trinajstić information content (AvgIpc) is 3.07. The fourth-order valence-corrected chi connectivity index (χ4v) is 2.40. The van der Waals surface area contributed by atoms with Gasteiger partial charge in [0.2, 0.25) is 0 Å². The fourth-order valence-electron chi connectivity index (χ4n) is 2.40. The van der Waals surface area contributed by atoms with Crippen molar-refractivity contribution in [2.24, 2.45) is 0 Å². The van der Waals surface area contributed by atoms with E-state index in [1.54, 1.807) is 12.1 Å². The van der Waals surface area contributed by atoms with E-state index in [2.05, 4.69) is 10.1 Å². The molecule has 2 heterocycles. The van der Waals surface area contributed by atoms with Gasteiger partial charge >= 0.3 is 12.1 Å². The molecule has 1 aromatic carbocycles. The number of hydrogen-bond acceptors (Lipinski definition) is 4. The molecule has 0 saturated heterocycles. The number of aromatic carboxylic acids is 1. The number of halogens is 3. The van der Waals surface area contributed by atoms with Gasteiger partial charge in [0.05, 0.1) is 28.6 Å². The molecular formula is C17H9F3N4O2. The van der Waals surface area contributed by atoms with Crippen molar-refractivity contribution >= 4 is 5.97 Å². The largest absolute Gasteiger partial charge is 0.476 e. The first-order chi connectivity index (χ1) is 12.3. The maximum atomic E-state index is 13.2. The van der Waals surface area contributed by atoms with Crippen LogP contribution in [0, 0.1) is 11.3 Å². The van der Waals surface area contributed by atoms with E-state index in [4.69, 9.17) is 10.4 Å². The average molecular weight is 358 g/mol. The van der Waals surface area contributed by atoms with Gasteiger partial charge in [-0.2, -0.15) is 23.5 Å². The van der Waals surface area contributed by atoms with Gasteiger partial charge in [0, 0.05) is 18.0 Å². The van der Waals surface area contributed by atoms with Crippen molar-refractivity contribution in [3.8, 4) is 23.0 Å². The van der Waals surface area contributed by atoms with Gasteiger partial charge in [0.15, 0.2) is 5.69 Å². The lowest BCUT2D eigenvalue weighted by atomic mass is 10.1. The van der Waals surface area contributed by atoms with Gasteiger partial charge in [-0.15, -0.1) is 0 Å². The molecule has 0 radical (unpaired) electrons. The molecule has 0 bridgehead atoms. The number of nitrogens with zero attached hydrogens (tertiary/aromatic N) is 4. The number of carboxylic acids is 1. The number of benzene rings is 1. The Bertz CT molecular complexity index is 1020. The standard InChI is InChI=1S/C17H9F3N4O2/c18-17(19,20)13-6-12(4-3-10(13)8-21)24-15(7-14(23-24)16(25)26)11-2-1-5-22-9-11/h1-7,9H,(H,25,26). The summed E-state index contributed by atoms with van der Waals surface area (Å²) >= 11 is 0. The number of pyridine rings is 1. The van der Waals surface area contributed by atoms with Crippen molar-refractivity contribution < 1.29 is 23.1 Å². The van der Waals surface area contributed by atoms with Crippen LogP contribution in [0.15, 0.2) is 48.8 Å². The van der Waals surface area contributed by atoms with E-state index in [0.29, 0.717) is 5.56 Å². The summed E-state index contributed by atoms with van der Waals surface area (Å²) in [7, 11) is 0. The summed E-state index contributed by atoms with van der Waals surface area (Å²) in [6.07, 6.45) is -1.79. The highest BCUT2D eigenvalue weighted by molar-refractivity contribution is 5.87. The molecule has 9 heteroatoms. The second kappa shape index (κ2) is 6.33. The minimum atomic E-state index is -4.74. The third kappa shape index (κ3) is 3.12. The zero-order valence-electron chi connectivity index (χ0n) is 12.9. The van der Waals surface area contributed by atoms with Crippen LogP contribution in [-0.2, 0) is 6.18 Å². The molecule has 0 aliphatic heterocycles. The summed E-state index contributed by atoms with van der Waals surface area (Å²) in [4.78, 5) is 15.2. The third-order valence-corrected chi connectivity index (χ3v) is 3.56. The van der Waals surface area contributed by atoms with Gasteiger partial charge in [-0.05, 0) is 36.4 Å². The molecule has 0 amide bonds. The van der Waals surface area contributed by atoms with E-state index in [1.165, 1.54) is 30.6 Å². The summed E-state index contributed by atoms with van der Waals surface area (Å²) in [5.41, 5.74) is -1.28. The maximum Gasteiger partial charge on any atom is 0.417 e. The number of rotatable bonds is 3. The predicted molar refractivity (Wildman–Crippen MR) is 83.5 cm³/mol. The molecule has 0 saturated carbocycles. The number of hydrogen-bond donors (Lipinski definition) is 1. The zero-order chi connectivity index (χ0) is 18.9. The van der Waals surface area contributed by atoms with Gasteiger partial charge in [-0.25, -0.2) is 9.48 Å². The second-order valence-electron chi connectivity index (χ2n) is 5.21. The molecular weight excluding hydrogens is 349 g/mol. The summed E-state index contributed by atoms with van der Waals surface area (Å²) in [5.74, 6) is -1.32. The topological polar surface area (TPSA) is 91.8 Å². The van der Waals surface area contributed by atoms with E-state index in [9.17, 15) is 18.0 Å². The van der Waals surface area contributed by atoms with Gasteiger partial charge in [-0.1, -0.05) is 0 Å². The number of nitriles is 1. The molecule has 6 nitrogen and oxygen atoms in total. The summed E-state index contributed by atoms with van der Waals surface area (Å²) in [6, 6.07) is 9.02. The van der Waals surface area contributed by atoms with Crippen molar-refractivity contribution in [2.45, 2.75) is 6.18 Å². The monoisotopic (exact) mass is 358 g/mol. The van der Waals surface area contributed by atoms with Crippen molar-refractivity contribution in [2.75, 3.05) is 0 Å². The van der Waals surface area contributed by atoms with Gasteiger partial charge in [0.25, 0.3) is 0 Å². The summed E-state index contributed by atoms with van der Waals surface area (Å²) in [6.45, 7) is 0. The number of alkyl halides is 3. The molecule has 26 heavy (non-hydrogen) atoms. The first kappa shape index (κ1) is 17.2. The minimum absolute atomic E-state index is 0.0253. The number of aromatic nitrogens is 3. The van der Waals surface area contributed by atoms with Crippen molar-refractivity contribution in [3.05, 3.63) is 65.6 Å². The highest BCUT2D eigenvalue weighted by Gasteiger charge is 2.34. The maximum absolute atomic E-state index is 13.2. The van der Waals surface area contributed by atoms with Crippen molar-refractivity contribution in [1.29, 1.82) is 5.26 Å². The molecule has 2 aromatic heterocycles. The Morgan fingerprint density at radius 3 is 2.58 bits per heavy atom. The van der Waals surface area contributed by atoms with E-state index < -0.39 is 23.3 Å². The van der Waals surface area contributed by atoms with E-state index in [0.717, 1.165) is 16.8 Å². The Morgan fingerprint density at radius 2 is 2.00 bits per heavy atom. The lowest BCUT2D eigenvalue weighted by Gasteiger charge is -2.12. The third-order valence-electron chi connectivity index (χ3n) is 3.56. The van der Waals surface area contributed by atoms with Gasteiger partial charge in [-0.3, -0.25) is 4.98 Å². The normalized spacial score (nSPS) is 11.2. The first-order valence-electron chi connectivity index (χ1n) is 7.16. The first-order valence-corrected chi connectivity index (χ1v) is 7.16. The van der Waals surface area contributed by atoms with E-state index in [-0.39, 0.29) is 17.1 Å². The number of carboxylic acid groups (broad SMARTS) is 1. The Labute approximate surface area is 144 Å². The van der Waals surface area contributed by atoms with Crippen LogP contribution < -0.4 is 0 Å². The van der Waals surface area contributed by atoms with Crippen LogP contribution in [0.25, 0.3) is 16.9 Å². The fraction of sp³-hybridized carbons (Fsp3) is 0.0588. The SMILES string of the molecule is N#Cc1ccc(-n2nc(C(=O)O)cc2-c2cccnc2)cc1C(F)(F)F. The van der Waals surface area contributed by atoms with E-state index in [1.807, 2.05) is 0 Å². The van der Waals surface area contributed by atoms with Crippen LogP contribution in [0.1, 0.15) is 21.6 Å². The Morgan fingerprint density at radius 1 is 1.23 bits per heavy atom. The van der Waals surface area contributed by atoms with Crippen LogP contribution in [0.4, 0.5) is 13.2 Å². The van der Waals surface area contributed by atoms with E-state index >= 15 is 0 Å². The highest BCUT2D eigenvalue weighted by Crippen LogP contribution is 2.34. The number of carbonyl (C=O) groups is 1. The highest BCUT2D eigenvalue weighted by atomic mass is 19.4. The van der Waals surface area contributed by atoms with Crippen LogP contribution in [0.5, 0.6) is 0 Å². The molecule has 0 aliphatic carbocycles. The molecule has 3 aromatic rings.